The highest BCUT2D eigenvalue weighted by Crippen LogP contribution is 2.20. The van der Waals surface area contributed by atoms with Gasteiger partial charge < -0.3 is 10.2 Å². The van der Waals surface area contributed by atoms with E-state index in [9.17, 15) is 5.11 Å². The van der Waals surface area contributed by atoms with Crippen molar-refractivity contribution >= 4 is 0 Å². The molecule has 72 valence electrons. The number of benzene rings is 1. The zero-order chi connectivity index (χ0) is 9.68. The third-order valence-corrected chi connectivity index (χ3v) is 2.31. The molecule has 0 heterocycles. The van der Waals surface area contributed by atoms with E-state index in [1.807, 2.05) is 37.3 Å². The van der Waals surface area contributed by atoms with Crippen LogP contribution in [0.2, 0.25) is 0 Å². The van der Waals surface area contributed by atoms with Gasteiger partial charge >= 0.3 is 0 Å². The molecule has 2 atom stereocenters. The summed E-state index contributed by atoms with van der Waals surface area (Å²) in [6, 6.07) is 9.62. The molecule has 2 heteroatoms. The van der Waals surface area contributed by atoms with Crippen LogP contribution in [0.3, 0.4) is 0 Å². The molecule has 13 heavy (non-hydrogen) atoms. The van der Waals surface area contributed by atoms with Crippen molar-refractivity contribution in [3.05, 3.63) is 35.9 Å². The number of hydrogen-bond acceptors (Lipinski definition) is 2. The van der Waals surface area contributed by atoms with E-state index in [-0.39, 0.29) is 12.5 Å². The highest BCUT2D eigenvalue weighted by Gasteiger charge is 2.17. The molecular weight excluding hydrogens is 164 g/mol. The molecule has 0 aromatic heterocycles. The summed E-state index contributed by atoms with van der Waals surface area (Å²) in [4.78, 5) is 0. The summed E-state index contributed by atoms with van der Waals surface area (Å²) >= 11 is 0. The second-order valence-electron chi connectivity index (χ2n) is 3.18. The number of rotatable bonds is 4. The molecule has 0 saturated heterocycles. The smallest absolute Gasteiger partial charge is 0.0628 e. The second-order valence-corrected chi connectivity index (χ2v) is 3.18. The van der Waals surface area contributed by atoms with Gasteiger partial charge in [0.05, 0.1) is 12.7 Å². The van der Waals surface area contributed by atoms with Crippen LogP contribution in [-0.4, -0.2) is 22.9 Å². The van der Waals surface area contributed by atoms with Gasteiger partial charge in [-0.15, -0.1) is 0 Å². The van der Waals surface area contributed by atoms with E-state index in [0.717, 1.165) is 5.56 Å². The molecule has 0 saturated carbocycles. The molecule has 0 aliphatic rings. The van der Waals surface area contributed by atoms with Crippen LogP contribution < -0.4 is 0 Å². The number of hydrogen-bond donors (Lipinski definition) is 2. The largest absolute Gasteiger partial charge is 0.396 e. The third kappa shape index (κ3) is 2.54. The van der Waals surface area contributed by atoms with Crippen molar-refractivity contribution in [3.8, 4) is 0 Å². The molecule has 1 rings (SSSR count). The molecule has 0 spiro atoms. The number of aliphatic hydroxyl groups excluding tert-OH is 2. The fourth-order valence-corrected chi connectivity index (χ4v) is 1.43. The molecular formula is C11H16O2. The minimum atomic E-state index is -0.451. The first-order chi connectivity index (χ1) is 6.29. The van der Waals surface area contributed by atoms with Gasteiger partial charge in [-0.2, -0.15) is 0 Å². The first-order valence-corrected chi connectivity index (χ1v) is 4.63. The highest BCUT2D eigenvalue weighted by molar-refractivity contribution is 5.20. The molecule has 0 aliphatic heterocycles. The Labute approximate surface area is 78.8 Å². The van der Waals surface area contributed by atoms with Crippen molar-refractivity contribution in [2.24, 2.45) is 0 Å². The van der Waals surface area contributed by atoms with E-state index < -0.39 is 6.10 Å². The monoisotopic (exact) mass is 180 g/mol. The molecule has 0 bridgehead atoms. The highest BCUT2D eigenvalue weighted by atomic mass is 16.3. The topological polar surface area (TPSA) is 40.5 Å². The maximum absolute atomic E-state index is 9.61. The lowest BCUT2D eigenvalue weighted by atomic mass is 9.93. The van der Waals surface area contributed by atoms with Crippen molar-refractivity contribution < 1.29 is 10.2 Å². The fraction of sp³-hybridized carbons (Fsp3) is 0.455. The summed E-state index contributed by atoms with van der Waals surface area (Å²) in [6.45, 7) is 1.91. The van der Waals surface area contributed by atoms with E-state index in [1.54, 1.807) is 0 Å². The maximum atomic E-state index is 9.61. The van der Waals surface area contributed by atoms with Gasteiger partial charge in [-0.05, 0) is 12.0 Å². The molecule has 1 aromatic rings. The van der Waals surface area contributed by atoms with Gasteiger partial charge in [-0.25, -0.2) is 0 Å². The van der Waals surface area contributed by atoms with Gasteiger partial charge in [0.25, 0.3) is 0 Å². The van der Waals surface area contributed by atoms with Gasteiger partial charge in [-0.1, -0.05) is 37.3 Å². The van der Waals surface area contributed by atoms with Gasteiger partial charge in [0, 0.05) is 5.92 Å². The molecule has 0 amide bonds. The summed E-state index contributed by atoms with van der Waals surface area (Å²) in [5.41, 5.74) is 0.999. The summed E-state index contributed by atoms with van der Waals surface area (Å²) in [5.74, 6) is -0.147. The summed E-state index contributed by atoms with van der Waals surface area (Å²) in [5, 5.41) is 18.7. The van der Waals surface area contributed by atoms with Gasteiger partial charge in [0.1, 0.15) is 0 Å². The first-order valence-electron chi connectivity index (χ1n) is 4.63. The maximum Gasteiger partial charge on any atom is 0.0628 e. The summed E-state index contributed by atoms with van der Waals surface area (Å²) in [7, 11) is 0. The lowest BCUT2D eigenvalue weighted by Crippen LogP contribution is -2.20. The minimum Gasteiger partial charge on any atom is -0.396 e. The van der Waals surface area contributed by atoms with E-state index >= 15 is 0 Å². The van der Waals surface area contributed by atoms with Crippen LogP contribution in [0.15, 0.2) is 30.3 Å². The SMILES string of the molecule is CCC(O)C(CO)c1ccccc1. The molecule has 2 nitrogen and oxygen atoms in total. The standard InChI is InChI=1S/C11H16O2/c1-2-11(13)10(8-12)9-6-4-3-5-7-9/h3-7,10-13H,2,8H2,1H3. The quantitative estimate of drug-likeness (QED) is 0.737. The minimum absolute atomic E-state index is 0.000972. The third-order valence-electron chi connectivity index (χ3n) is 2.31. The predicted molar refractivity (Wildman–Crippen MR) is 52.6 cm³/mol. The molecule has 0 fully saturated rings. The van der Waals surface area contributed by atoms with Crippen LogP contribution in [-0.2, 0) is 0 Å². The Bertz CT molecular complexity index is 233. The average molecular weight is 180 g/mol. The Hall–Kier alpha value is -0.860. The molecule has 2 N–H and O–H groups in total. The van der Waals surface area contributed by atoms with Crippen molar-refractivity contribution in [3.63, 3.8) is 0 Å². The molecule has 0 radical (unpaired) electrons. The normalized spacial score (nSPS) is 15.3. The average Bonchev–Trinajstić information content (AvgIpc) is 2.20. The fourth-order valence-electron chi connectivity index (χ4n) is 1.43. The van der Waals surface area contributed by atoms with E-state index in [0.29, 0.717) is 6.42 Å². The van der Waals surface area contributed by atoms with Crippen LogP contribution in [0.25, 0.3) is 0 Å². The zero-order valence-electron chi connectivity index (χ0n) is 7.85. The van der Waals surface area contributed by atoms with Crippen LogP contribution in [0.5, 0.6) is 0 Å². The Morgan fingerprint density at radius 3 is 2.31 bits per heavy atom. The van der Waals surface area contributed by atoms with Crippen LogP contribution in [0.4, 0.5) is 0 Å². The van der Waals surface area contributed by atoms with Crippen LogP contribution in [0.1, 0.15) is 24.8 Å². The van der Waals surface area contributed by atoms with Crippen LogP contribution in [0, 0.1) is 0 Å². The Morgan fingerprint density at radius 2 is 1.85 bits per heavy atom. The summed E-state index contributed by atoms with van der Waals surface area (Å²) < 4.78 is 0. The van der Waals surface area contributed by atoms with E-state index in [2.05, 4.69) is 0 Å². The van der Waals surface area contributed by atoms with Gasteiger partial charge in [-0.3, -0.25) is 0 Å². The van der Waals surface area contributed by atoms with Gasteiger partial charge in [0.2, 0.25) is 0 Å². The Kier molecular flexibility index (Phi) is 3.93. The molecule has 0 aliphatic carbocycles. The first kappa shape index (κ1) is 10.2. The van der Waals surface area contributed by atoms with E-state index in [1.165, 1.54) is 0 Å². The lowest BCUT2D eigenvalue weighted by molar-refractivity contribution is 0.103. The van der Waals surface area contributed by atoms with E-state index in [4.69, 9.17) is 5.11 Å². The zero-order valence-corrected chi connectivity index (χ0v) is 7.85. The van der Waals surface area contributed by atoms with Crippen molar-refractivity contribution in [2.45, 2.75) is 25.4 Å². The Balaban J connectivity index is 2.78. The lowest BCUT2D eigenvalue weighted by Gasteiger charge is -2.19. The van der Waals surface area contributed by atoms with Crippen molar-refractivity contribution in [2.75, 3.05) is 6.61 Å². The van der Waals surface area contributed by atoms with Gasteiger partial charge in [0.15, 0.2) is 0 Å². The summed E-state index contributed by atoms with van der Waals surface area (Å²) in [6.07, 6.45) is 0.215. The van der Waals surface area contributed by atoms with Crippen molar-refractivity contribution in [1.29, 1.82) is 0 Å². The second kappa shape index (κ2) is 5.00. The number of aliphatic hydroxyl groups is 2. The van der Waals surface area contributed by atoms with Crippen molar-refractivity contribution in [1.82, 2.24) is 0 Å². The predicted octanol–water partition coefficient (Wildman–Crippen LogP) is 1.53. The molecule has 1 aromatic carbocycles. The van der Waals surface area contributed by atoms with Crippen LogP contribution >= 0.6 is 0 Å². The molecule has 2 unspecified atom stereocenters. The Morgan fingerprint density at radius 1 is 1.23 bits per heavy atom.